The number of rotatable bonds is 4. The van der Waals surface area contributed by atoms with Crippen LogP contribution in [0, 0.1) is 0 Å². The van der Waals surface area contributed by atoms with E-state index in [4.69, 9.17) is 10.5 Å². The lowest BCUT2D eigenvalue weighted by Gasteiger charge is -2.13. The number of amides is 2. The van der Waals surface area contributed by atoms with Crippen molar-refractivity contribution in [1.29, 1.82) is 0 Å². The second kappa shape index (κ2) is 6.49. The van der Waals surface area contributed by atoms with Crippen molar-refractivity contribution in [2.75, 3.05) is 17.2 Å². The number of carbonyl (C=O) groups is 2. The molecule has 1 fully saturated rings. The van der Waals surface area contributed by atoms with Gasteiger partial charge in [0.05, 0.1) is 6.10 Å². The van der Waals surface area contributed by atoms with Gasteiger partial charge in [0, 0.05) is 24.8 Å². The average molecular weight is 277 g/mol. The Morgan fingerprint density at radius 2 is 1.80 bits per heavy atom. The fourth-order valence-electron chi connectivity index (χ4n) is 2.13. The molecule has 2 rings (SSSR count). The lowest BCUT2D eigenvalue weighted by Crippen LogP contribution is -2.29. The van der Waals surface area contributed by atoms with Gasteiger partial charge in [-0.1, -0.05) is 0 Å². The summed E-state index contributed by atoms with van der Waals surface area (Å²) >= 11 is 0. The number of nitrogens with two attached hydrogens (primary N) is 1. The van der Waals surface area contributed by atoms with Crippen molar-refractivity contribution in [2.24, 2.45) is 5.73 Å². The number of ether oxygens (including phenoxy) is 1. The topological polar surface area (TPSA) is 93.5 Å². The van der Waals surface area contributed by atoms with E-state index in [-0.39, 0.29) is 17.9 Å². The second-order valence-electron chi connectivity index (χ2n) is 4.81. The van der Waals surface area contributed by atoms with Gasteiger partial charge in [-0.25, -0.2) is 0 Å². The predicted molar refractivity (Wildman–Crippen MR) is 76.3 cm³/mol. The van der Waals surface area contributed by atoms with Gasteiger partial charge in [-0.2, -0.15) is 0 Å². The van der Waals surface area contributed by atoms with Crippen LogP contribution in [-0.2, 0) is 14.3 Å². The molecule has 2 unspecified atom stereocenters. The molecule has 108 valence electrons. The van der Waals surface area contributed by atoms with Crippen molar-refractivity contribution in [1.82, 2.24) is 0 Å². The lowest BCUT2D eigenvalue weighted by molar-refractivity contribution is -0.126. The molecule has 20 heavy (non-hydrogen) atoms. The summed E-state index contributed by atoms with van der Waals surface area (Å²) in [5.74, 6) is -0.290. The summed E-state index contributed by atoms with van der Waals surface area (Å²) in [6.07, 6.45) is 1.06. The second-order valence-corrected chi connectivity index (χ2v) is 4.81. The zero-order chi connectivity index (χ0) is 14.5. The maximum atomic E-state index is 12.0. The number of nitrogens with one attached hydrogen (secondary N) is 2. The van der Waals surface area contributed by atoms with Crippen molar-refractivity contribution >= 4 is 23.2 Å². The van der Waals surface area contributed by atoms with Crippen LogP contribution in [0.1, 0.15) is 19.8 Å². The van der Waals surface area contributed by atoms with Crippen molar-refractivity contribution in [3.05, 3.63) is 24.3 Å². The molecule has 1 heterocycles. The van der Waals surface area contributed by atoms with Crippen molar-refractivity contribution < 1.29 is 14.3 Å². The molecule has 1 aromatic carbocycles. The molecule has 2 atom stereocenters. The summed E-state index contributed by atoms with van der Waals surface area (Å²) in [6.45, 7) is 1.89. The van der Waals surface area contributed by atoms with Gasteiger partial charge in [0.25, 0.3) is 5.91 Å². The molecule has 6 heteroatoms. The Morgan fingerprint density at radius 3 is 2.30 bits per heavy atom. The molecule has 0 aromatic heterocycles. The minimum absolute atomic E-state index is 0.0205. The number of hydrogen-bond donors (Lipinski definition) is 3. The molecule has 0 saturated carbocycles. The van der Waals surface area contributed by atoms with E-state index in [9.17, 15) is 9.59 Å². The quantitative estimate of drug-likeness (QED) is 0.768. The Morgan fingerprint density at radius 1 is 1.20 bits per heavy atom. The van der Waals surface area contributed by atoms with Crippen LogP contribution < -0.4 is 16.4 Å². The highest BCUT2D eigenvalue weighted by molar-refractivity contribution is 5.95. The van der Waals surface area contributed by atoms with Gasteiger partial charge in [0.2, 0.25) is 5.91 Å². The van der Waals surface area contributed by atoms with Crippen LogP contribution >= 0.6 is 0 Å². The van der Waals surface area contributed by atoms with E-state index in [0.29, 0.717) is 24.3 Å². The molecule has 0 aliphatic carbocycles. The highest BCUT2D eigenvalue weighted by atomic mass is 16.5. The normalized spacial score (nSPS) is 21.5. The minimum Gasteiger partial charge on any atom is -0.364 e. The number of carbonyl (C=O) groups excluding carboxylic acids is 2. The first-order chi connectivity index (χ1) is 9.58. The minimum atomic E-state index is -0.432. The first kappa shape index (κ1) is 14.5. The molecule has 1 aliphatic heterocycles. The third-order valence-electron chi connectivity index (χ3n) is 3.14. The third kappa shape index (κ3) is 3.79. The Labute approximate surface area is 117 Å². The van der Waals surface area contributed by atoms with E-state index in [0.717, 1.165) is 6.42 Å². The van der Waals surface area contributed by atoms with E-state index >= 15 is 0 Å². The largest absolute Gasteiger partial charge is 0.364 e. The summed E-state index contributed by atoms with van der Waals surface area (Å²) in [6, 6.07) is 6.93. The first-order valence-electron chi connectivity index (χ1n) is 6.62. The van der Waals surface area contributed by atoms with E-state index in [1.807, 2.05) is 0 Å². The Kier molecular flexibility index (Phi) is 4.70. The van der Waals surface area contributed by atoms with E-state index in [1.54, 1.807) is 24.3 Å². The number of benzene rings is 1. The predicted octanol–water partition coefficient (Wildman–Crippen LogP) is 1.09. The first-order valence-corrected chi connectivity index (χ1v) is 6.62. The number of hydrogen-bond acceptors (Lipinski definition) is 4. The molecule has 0 spiro atoms. The molecule has 4 N–H and O–H groups in total. The molecule has 1 saturated heterocycles. The molecule has 6 nitrogen and oxygen atoms in total. The van der Waals surface area contributed by atoms with Crippen LogP contribution in [0.3, 0.4) is 0 Å². The molecule has 1 aromatic rings. The summed E-state index contributed by atoms with van der Waals surface area (Å²) in [5, 5.41) is 5.46. The fourth-order valence-corrected chi connectivity index (χ4v) is 2.13. The zero-order valence-electron chi connectivity index (χ0n) is 11.4. The van der Waals surface area contributed by atoms with Gasteiger partial charge in [-0.3, -0.25) is 9.59 Å². The Bertz CT molecular complexity index is 487. The van der Waals surface area contributed by atoms with E-state index < -0.39 is 6.10 Å². The van der Waals surface area contributed by atoms with Gasteiger partial charge >= 0.3 is 0 Å². The lowest BCUT2D eigenvalue weighted by atomic mass is 10.2. The SMILES string of the molecule is CC(=O)Nc1ccc(NC(=O)C2CCC(CN)O2)cc1. The van der Waals surface area contributed by atoms with Gasteiger partial charge in [0.15, 0.2) is 0 Å². The zero-order valence-corrected chi connectivity index (χ0v) is 11.4. The third-order valence-corrected chi connectivity index (χ3v) is 3.14. The smallest absolute Gasteiger partial charge is 0.253 e. The van der Waals surface area contributed by atoms with Gasteiger partial charge in [0.1, 0.15) is 6.10 Å². The van der Waals surface area contributed by atoms with Crippen LogP contribution in [0.15, 0.2) is 24.3 Å². The van der Waals surface area contributed by atoms with Crippen molar-refractivity contribution in [3.8, 4) is 0 Å². The maximum absolute atomic E-state index is 12.0. The summed E-state index contributed by atoms with van der Waals surface area (Å²) in [4.78, 5) is 22.9. The number of anilines is 2. The van der Waals surface area contributed by atoms with Gasteiger partial charge in [-0.05, 0) is 37.1 Å². The van der Waals surface area contributed by atoms with Crippen molar-refractivity contribution in [3.63, 3.8) is 0 Å². The maximum Gasteiger partial charge on any atom is 0.253 e. The van der Waals surface area contributed by atoms with Crippen molar-refractivity contribution in [2.45, 2.75) is 32.0 Å². The molecule has 0 radical (unpaired) electrons. The van der Waals surface area contributed by atoms with Crippen LogP contribution in [-0.4, -0.2) is 30.6 Å². The fraction of sp³-hybridized carbons (Fsp3) is 0.429. The highest BCUT2D eigenvalue weighted by Gasteiger charge is 2.29. The van der Waals surface area contributed by atoms with Crippen LogP contribution in [0.25, 0.3) is 0 Å². The van der Waals surface area contributed by atoms with Crippen LogP contribution in [0.2, 0.25) is 0 Å². The van der Waals surface area contributed by atoms with E-state index in [2.05, 4.69) is 10.6 Å². The van der Waals surface area contributed by atoms with Crippen LogP contribution in [0.4, 0.5) is 11.4 Å². The Hall–Kier alpha value is -1.92. The molecule has 0 bridgehead atoms. The van der Waals surface area contributed by atoms with Crippen LogP contribution in [0.5, 0.6) is 0 Å². The molecular formula is C14H19N3O3. The summed E-state index contributed by atoms with van der Waals surface area (Å²) < 4.78 is 5.53. The van der Waals surface area contributed by atoms with Gasteiger partial charge in [-0.15, -0.1) is 0 Å². The molecule has 1 aliphatic rings. The Balaban J connectivity index is 1.90. The molecular weight excluding hydrogens is 258 g/mol. The van der Waals surface area contributed by atoms with E-state index in [1.165, 1.54) is 6.92 Å². The average Bonchev–Trinajstić information content (AvgIpc) is 2.89. The standard InChI is InChI=1S/C14H19N3O3/c1-9(18)16-10-2-4-11(5-3-10)17-14(19)13-7-6-12(8-15)20-13/h2-5,12-13H,6-8,15H2,1H3,(H,16,18)(H,17,19). The monoisotopic (exact) mass is 277 g/mol. The van der Waals surface area contributed by atoms with Gasteiger partial charge < -0.3 is 21.1 Å². The highest BCUT2D eigenvalue weighted by Crippen LogP contribution is 2.21. The summed E-state index contributed by atoms with van der Waals surface area (Å²) in [7, 11) is 0. The molecule has 2 amide bonds. The summed E-state index contributed by atoms with van der Waals surface area (Å²) in [5.41, 5.74) is 6.87.